The molecule has 0 bridgehead atoms. The second kappa shape index (κ2) is 17.0. The van der Waals surface area contributed by atoms with Crippen molar-refractivity contribution in [2.24, 2.45) is 5.73 Å². The molecule has 1 aromatic heterocycles. The smallest absolute Gasteiger partial charge is 0.257 e. The average Bonchev–Trinajstić information content (AvgIpc) is 3.32. The molecular formula is C38H51FN6O4. The van der Waals surface area contributed by atoms with E-state index in [2.05, 4.69) is 56.2 Å². The number of aliphatic hydroxyl groups excluding tert-OH is 1. The van der Waals surface area contributed by atoms with Crippen LogP contribution in [0.2, 0.25) is 0 Å². The summed E-state index contributed by atoms with van der Waals surface area (Å²) in [4.78, 5) is 24.8. The number of nitrogens with two attached hydrogens (primary N) is 1. The van der Waals surface area contributed by atoms with E-state index in [4.69, 9.17) is 15.2 Å². The number of aromatic nitrogens is 1. The SMILES string of the molecule is CC1COCCN1Cc1cc(CN2CCCN(CCO)CC2)ccc1-c1cccc(Oc2ncc(F)cc2C(=O)NC2CCC(N)CC2)c1. The van der Waals surface area contributed by atoms with Gasteiger partial charge in [-0.15, -0.1) is 0 Å². The maximum atomic E-state index is 14.3. The van der Waals surface area contributed by atoms with Crippen LogP contribution >= 0.6 is 0 Å². The number of pyridine rings is 1. The van der Waals surface area contributed by atoms with Crippen molar-refractivity contribution in [3.05, 3.63) is 77.2 Å². The summed E-state index contributed by atoms with van der Waals surface area (Å²) in [5.74, 6) is -0.416. The molecule has 6 rings (SSSR count). The number of carbonyl (C=O) groups is 1. The Hall–Kier alpha value is -3.45. The molecule has 3 aromatic rings. The van der Waals surface area contributed by atoms with Crippen LogP contribution in [0.1, 0.15) is 60.5 Å². The minimum Gasteiger partial charge on any atom is -0.438 e. The Morgan fingerprint density at radius 2 is 1.86 bits per heavy atom. The number of benzene rings is 2. The van der Waals surface area contributed by atoms with Gasteiger partial charge in [-0.1, -0.05) is 30.3 Å². The standard InChI is InChI=1S/C38H51FN6O4/c1-27-26-48-19-17-45(27)25-30-20-28(24-44-13-3-12-43(14-15-44)16-18-46)6-11-35(30)29-4-2-5-34(21-29)49-38-36(22-31(39)23-41-38)37(47)42-33-9-7-32(40)8-10-33/h2,4-6,11,20-23,27,32-33,46H,3,7-10,12-19,24-26,40H2,1H3,(H,42,47). The predicted molar refractivity (Wildman–Crippen MR) is 188 cm³/mol. The number of β-amino-alcohol motifs (C(OH)–C–C–N with tert-alkyl or cyclic N) is 1. The zero-order valence-corrected chi connectivity index (χ0v) is 28.7. The molecule has 1 amide bonds. The second-order valence-corrected chi connectivity index (χ2v) is 13.8. The van der Waals surface area contributed by atoms with Crippen LogP contribution in [0.3, 0.4) is 0 Å². The van der Waals surface area contributed by atoms with Gasteiger partial charge < -0.3 is 25.6 Å². The van der Waals surface area contributed by atoms with E-state index in [1.165, 1.54) is 17.2 Å². The number of nitrogens with one attached hydrogen (secondary N) is 1. The van der Waals surface area contributed by atoms with Crippen LogP contribution in [0.4, 0.5) is 4.39 Å². The molecule has 49 heavy (non-hydrogen) atoms. The number of nitrogens with zero attached hydrogens (tertiary/aromatic N) is 4. The molecule has 1 saturated carbocycles. The molecule has 3 heterocycles. The van der Waals surface area contributed by atoms with E-state index in [9.17, 15) is 14.3 Å². The van der Waals surface area contributed by atoms with Crippen molar-refractivity contribution in [3.63, 3.8) is 0 Å². The lowest BCUT2D eigenvalue weighted by molar-refractivity contribution is -0.00431. The lowest BCUT2D eigenvalue weighted by Gasteiger charge is -2.34. The fourth-order valence-electron chi connectivity index (χ4n) is 7.21. The Bertz CT molecular complexity index is 1550. The molecular weight excluding hydrogens is 623 g/mol. The lowest BCUT2D eigenvalue weighted by atomic mass is 9.91. The highest BCUT2D eigenvalue weighted by atomic mass is 19.1. The molecule has 4 N–H and O–H groups in total. The molecule has 2 saturated heterocycles. The first-order valence-electron chi connectivity index (χ1n) is 17.8. The zero-order chi connectivity index (χ0) is 34.2. The molecule has 0 spiro atoms. The molecule has 3 aliphatic rings. The van der Waals surface area contributed by atoms with Crippen LogP contribution in [0.15, 0.2) is 54.7 Å². The predicted octanol–water partition coefficient (Wildman–Crippen LogP) is 4.40. The Morgan fingerprint density at radius 1 is 1.04 bits per heavy atom. The third-order valence-corrected chi connectivity index (χ3v) is 10.1. The van der Waals surface area contributed by atoms with Gasteiger partial charge in [0.25, 0.3) is 5.91 Å². The van der Waals surface area contributed by atoms with Crippen molar-refractivity contribution in [1.82, 2.24) is 25.0 Å². The summed E-state index contributed by atoms with van der Waals surface area (Å²) in [6.45, 7) is 11.1. The highest BCUT2D eigenvalue weighted by Crippen LogP contribution is 2.32. The number of amides is 1. The van der Waals surface area contributed by atoms with Gasteiger partial charge in [-0.2, -0.15) is 0 Å². The first-order chi connectivity index (χ1) is 23.8. The molecule has 264 valence electrons. The van der Waals surface area contributed by atoms with Gasteiger partial charge in [-0.25, -0.2) is 9.37 Å². The van der Waals surface area contributed by atoms with Crippen LogP contribution in [0.5, 0.6) is 11.6 Å². The monoisotopic (exact) mass is 674 g/mol. The van der Waals surface area contributed by atoms with E-state index in [0.717, 1.165) is 108 Å². The molecule has 2 aliphatic heterocycles. The van der Waals surface area contributed by atoms with E-state index in [-0.39, 0.29) is 30.1 Å². The van der Waals surface area contributed by atoms with Gasteiger partial charge in [0.15, 0.2) is 0 Å². The fraction of sp³-hybridized carbons (Fsp3) is 0.526. The summed E-state index contributed by atoms with van der Waals surface area (Å²) < 4.78 is 26.3. The first kappa shape index (κ1) is 35.4. The molecule has 1 unspecified atom stereocenters. The fourth-order valence-corrected chi connectivity index (χ4v) is 7.21. The van der Waals surface area contributed by atoms with Crippen LogP contribution in [-0.2, 0) is 17.8 Å². The van der Waals surface area contributed by atoms with Gasteiger partial charge in [0.2, 0.25) is 5.88 Å². The van der Waals surface area contributed by atoms with Crippen molar-refractivity contribution in [2.45, 2.75) is 70.2 Å². The van der Waals surface area contributed by atoms with Crippen molar-refractivity contribution < 1.29 is 23.8 Å². The Balaban J connectivity index is 1.23. The number of halogens is 1. The number of carbonyl (C=O) groups excluding carboxylic acids is 1. The summed E-state index contributed by atoms with van der Waals surface area (Å²) in [5.41, 5.74) is 10.7. The number of hydrogen-bond donors (Lipinski definition) is 3. The van der Waals surface area contributed by atoms with Crippen LogP contribution in [0.25, 0.3) is 11.1 Å². The van der Waals surface area contributed by atoms with Crippen molar-refractivity contribution in [2.75, 3.05) is 59.1 Å². The highest BCUT2D eigenvalue weighted by molar-refractivity contribution is 5.96. The van der Waals surface area contributed by atoms with Crippen LogP contribution in [0, 0.1) is 5.82 Å². The largest absolute Gasteiger partial charge is 0.438 e. The number of rotatable bonds is 11. The summed E-state index contributed by atoms with van der Waals surface area (Å²) >= 11 is 0. The van der Waals surface area contributed by atoms with Gasteiger partial charge in [0.1, 0.15) is 17.1 Å². The summed E-state index contributed by atoms with van der Waals surface area (Å²) in [7, 11) is 0. The van der Waals surface area contributed by atoms with Crippen molar-refractivity contribution in [3.8, 4) is 22.8 Å². The van der Waals surface area contributed by atoms with Crippen LogP contribution < -0.4 is 15.8 Å². The minimum absolute atomic E-state index is 0.0114. The van der Waals surface area contributed by atoms with Gasteiger partial charge in [0, 0.05) is 57.4 Å². The quantitative estimate of drug-likeness (QED) is 0.272. The normalized spacial score (nSPS) is 22.8. The Morgan fingerprint density at radius 3 is 2.67 bits per heavy atom. The first-order valence-corrected chi connectivity index (χ1v) is 17.8. The van der Waals surface area contributed by atoms with Gasteiger partial charge >= 0.3 is 0 Å². The molecule has 2 aromatic carbocycles. The molecule has 1 aliphatic carbocycles. The van der Waals surface area contributed by atoms with Gasteiger partial charge in [-0.3, -0.25) is 19.5 Å². The lowest BCUT2D eigenvalue weighted by Crippen LogP contribution is -2.43. The van der Waals surface area contributed by atoms with E-state index < -0.39 is 11.7 Å². The van der Waals surface area contributed by atoms with Crippen molar-refractivity contribution >= 4 is 5.91 Å². The maximum Gasteiger partial charge on any atom is 0.257 e. The Labute approximate surface area is 289 Å². The topological polar surface area (TPSA) is 116 Å². The number of aliphatic hydroxyl groups is 1. The Kier molecular flexibility index (Phi) is 12.3. The van der Waals surface area contributed by atoms with E-state index >= 15 is 0 Å². The second-order valence-electron chi connectivity index (χ2n) is 13.8. The molecule has 3 fully saturated rings. The van der Waals surface area contributed by atoms with E-state index in [0.29, 0.717) is 18.4 Å². The van der Waals surface area contributed by atoms with E-state index in [1.54, 1.807) is 0 Å². The number of morpholine rings is 1. The van der Waals surface area contributed by atoms with Gasteiger partial charge in [0.05, 0.1) is 26.0 Å². The molecule has 1 atom stereocenters. The number of ether oxygens (including phenoxy) is 2. The average molecular weight is 675 g/mol. The number of hydrogen-bond acceptors (Lipinski definition) is 9. The molecule has 10 nitrogen and oxygen atoms in total. The minimum atomic E-state index is -0.596. The van der Waals surface area contributed by atoms with Gasteiger partial charge in [-0.05, 0) is 92.6 Å². The maximum absolute atomic E-state index is 14.3. The third-order valence-electron chi connectivity index (χ3n) is 10.1. The molecule has 0 radical (unpaired) electrons. The zero-order valence-electron chi connectivity index (χ0n) is 28.7. The van der Waals surface area contributed by atoms with Crippen molar-refractivity contribution in [1.29, 1.82) is 0 Å². The third kappa shape index (κ3) is 9.62. The van der Waals surface area contributed by atoms with E-state index in [1.807, 2.05) is 18.2 Å². The molecule has 11 heteroatoms. The highest BCUT2D eigenvalue weighted by Gasteiger charge is 2.25. The summed E-state index contributed by atoms with van der Waals surface area (Å²) in [5, 5.41) is 12.4. The van der Waals surface area contributed by atoms with Crippen LogP contribution in [-0.4, -0.2) is 108 Å². The summed E-state index contributed by atoms with van der Waals surface area (Å²) in [6.07, 6.45) is 5.44. The summed E-state index contributed by atoms with van der Waals surface area (Å²) in [6, 6.07) is 16.2.